The van der Waals surface area contributed by atoms with Gasteiger partial charge in [0.15, 0.2) is 4.90 Å². The van der Waals surface area contributed by atoms with Gasteiger partial charge in [-0.25, -0.2) is 32.7 Å². The number of para-hydroxylation sites is 1. The standard InChI is InChI=1S/C18H19N5O6S/c1-10-9-11(2)20-16(19-10)21-17(24)22-30(26,27)14-12-7-5-6-8-13(12)23(3)15(14)29-18(25)28-4/h5-9H,1-4H3,(H2,19,20,21,22,24). The number of methoxy groups -OCH3 is 1. The molecular formula is C18H19N5O6S. The number of sulfonamides is 1. The minimum Gasteiger partial charge on any atom is -0.437 e. The van der Waals surface area contributed by atoms with Crippen molar-refractivity contribution in [3.8, 4) is 5.88 Å². The third-order valence-corrected chi connectivity index (χ3v) is 5.45. The monoisotopic (exact) mass is 433 g/mol. The summed E-state index contributed by atoms with van der Waals surface area (Å²) in [4.78, 5) is 31.7. The Morgan fingerprint density at radius 1 is 1.10 bits per heavy atom. The topological polar surface area (TPSA) is 142 Å². The van der Waals surface area contributed by atoms with Gasteiger partial charge >= 0.3 is 12.2 Å². The Morgan fingerprint density at radius 2 is 1.73 bits per heavy atom. The predicted molar refractivity (Wildman–Crippen MR) is 107 cm³/mol. The number of nitrogens with one attached hydrogen (secondary N) is 2. The molecule has 0 aliphatic carbocycles. The Balaban J connectivity index is 1.99. The van der Waals surface area contributed by atoms with Crippen LogP contribution < -0.4 is 14.8 Å². The Morgan fingerprint density at radius 3 is 2.37 bits per heavy atom. The number of rotatable bonds is 4. The number of carbonyl (C=O) groups excluding carboxylic acids is 2. The van der Waals surface area contributed by atoms with Crippen LogP contribution in [0.2, 0.25) is 0 Å². The summed E-state index contributed by atoms with van der Waals surface area (Å²) in [5.74, 6) is -0.352. The zero-order valence-electron chi connectivity index (χ0n) is 16.6. The Bertz CT molecular complexity index is 1230. The van der Waals surface area contributed by atoms with Crippen LogP contribution in [-0.4, -0.2) is 42.2 Å². The van der Waals surface area contributed by atoms with Crippen LogP contribution in [0.1, 0.15) is 11.4 Å². The van der Waals surface area contributed by atoms with Crippen LogP contribution >= 0.6 is 0 Å². The summed E-state index contributed by atoms with van der Waals surface area (Å²) in [5.41, 5.74) is 1.67. The van der Waals surface area contributed by atoms with E-state index in [2.05, 4.69) is 20.0 Å². The molecule has 0 radical (unpaired) electrons. The van der Waals surface area contributed by atoms with E-state index in [0.717, 1.165) is 7.11 Å². The number of anilines is 1. The quantitative estimate of drug-likeness (QED) is 0.597. The van der Waals surface area contributed by atoms with Crippen LogP contribution in [-0.2, 0) is 21.8 Å². The molecule has 2 amide bonds. The molecule has 0 atom stereocenters. The highest BCUT2D eigenvalue weighted by Crippen LogP contribution is 2.35. The van der Waals surface area contributed by atoms with Gasteiger partial charge in [0.2, 0.25) is 11.8 Å². The average Bonchev–Trinajstić information content (AvgIpc) is 2.93. The molecule has 0 aliphatic rings. The summed E-state index contributed by atoms with van der Waals surface area (Å²) in [5, 5.41) is 2.54. The zero-order valence-corrected chi connectivity index (χ0v) is 17.4. The summed E-state index contributed by atoms with van der Waals surface area (Å²) in [6.07, 6.45) is -1.11. The van der Waals surface area contributed by atoms with Crippen LogP contribution in [0.4, 0.5) is 15.5 Å². The van der Waals surface area contributed by atoms with Gasteiger partial charge in [-0.15, -0.1) is 0 Å². The van der Waals surface area contributed by atoms with E-state index in [1.165, 1.54) is 17.7 Å². The number of hydrogen-bond acceptors (Lipinski definition) is 8. The fourth-order valence-corrected chi connectivity index (χ4v) is 4.18. The zero-order chi connectivity index (χ0) is 22.1. The van der Waals surface area contributed by atoms with Gasteiger partial charge in [0.25, 0.3) is 10.0 Å². The lowest BCUT2D eigenvalue weighted by molar-refractivity contribution is 0.117. The normalized spacial score (nSPS) is 11.2. The summed E-state index contributed by atoms with van der Waals surface area (Å²) in [6, 6.07) is 7.11. The third-order valence-electron chi connectivity index (χ3n) is 4.06. The third kappa shape index (κ3) is 4.17. The Hall–Kier alpha value is -3.67. The van der Waals surface area contributed by atoms with E-state index >= 15 is 0 Å². The van der Waals surface area contributed by atoms with Gasteiger partial charge in [0.1, 0.15) is 0 Å². The van der Waals surface area contributed by atoms with Crippen molar-refractivity contribution in [1.29, 1.82) is 0 Å². The number of benzene rings is 1. The van der Waals surface area contributed by atoms with E-state index in [-0.39, 0.29) is 22.1 Å². The molecule has 0 fully saturated rings. The fourth-order valence-electron chi connectivity index (χ4n) is 2.91. The second kappa shape index (κ2) is 7.99. The van der Waals surface area contributed by atoms with E-state index < -0.39 is 22.2 Å². The highest BCUT2D eigenvalue weighted by atomic mass is 32.2. The molecular weight excluding hydrogens is 414 g/mol. The van der Waals surface area contributed by atoms with Crippen molar-refractivity contribution in [2.75, 3.05) is 12.4 Å². The first kappa shape index (κ1) is 21.0. The lowest BCUT2D eigenvalue weighted by Crippen LogP contribution is -2.35. The number of carbonyl (C=O) groups is 2. The van der Waals surface area contributed by atoms with E-state index in [9.17, 15) is 18.0 Å². The van der Waals surface area contributed by atoms with Crippen molar-refractivity contribution in [1.82, 2.24) is 19.3 Å². The van der Waals surface area contributed by atoms with E-state index in [1.807, 2.05) is 4.72 Å². The highest BCUT2D eigenvalue weighted by Gasteiger charge is 2.31. The molecule has 2 heterocycles. The number of ether oxygens (including phenoxy) is 2. The number of hydrogen-bond donors (Lipinski definition) is 2. The largest absolute Gasteiger partial charge is 0.514 e. The lowest BCUT2D eigenvalue weighted by atomic mass is 10.2. The molecule has 0 bridgehead atoms. The SMILES string of the molecule is COC(=O)Oc1c(S(=O)(=O)NC(=O)Nc2nc(C)cc(C)n2)c2ccccc2n1C. The van der Waals surface area contributed by atoms with Crippen LogP contribution in [0.25, 0.3) is 10.9 Å². The molecule has 0 saturated heterocycles. The second-order valence-electron chi connectivity index (χ2n) is 6.30. The molecule has 0 aliphatic heterocycles. The second-order valence-corrected chi connectivity index (χ2v) is 7.92. The van der Waals surface area contributed by atoms with Gasteiger partial charge in [0.05, 0.1) is 12.6 Å². The van der Waals surface area contributed by atoms with Gasteiger partial charge < -0.3 is 14.0 Å². The molecule has 0 unspecified atom stereocenters. The van der Waals surface area contributed by atoms with E-state index in [1.54, 1.807) is 38.1 Å². The molecule has 3 aromatic rings. The maximum atomic E-state index is 13.0. The van der Waals surface area contributed by atoms with Gasteiger partial charge in [-0.05, 0) is 26.0 Å². The molecule has 3 rings (SSSR count). The van der Waals surface area contributed by atoms with Crippen LogP contribution in [0.5, 0.6) is 5.88 Å². The van der Waals surface area contributed by atoms with Crippen molar-refractivity contribution in [2.24, 2.45) is 7.05 Å². The van der Waals surface area contributed by atoms with E-state index in [0.29, 0.717) is 16.9 Å². The summed E-state index contributed by atoms with van der Waals surface area (Å²) >= 11 is 0. The first-order valence-electron chi connectivity index (χ1n) is 8.61. The fraction of sp³-hybridized carbons (Fsp3) is 0.222. The lowest BCUT2D eigenvalue weighted by Gasteiger charge is -2.10. The first-order valence-corrected chi connectivity index (χ1v) is 10.1. The smallest absolute Gasteiger partial charge is 0.437 e. The number of aromatic nitrogens is 3. The van der Waals surface area contributed by atoms with Gasteiger partial charge in [-0.2, -0.15) is 0 Å². The number of urea groups is 1. The van der Waals surface area contributed by atoms with Crippen LogP contribution in [0.15, 0.2) is 35.2 Å². The van der Waals surface area contributed by atoms with Gasteiger partial charge in [-0.1, -0.05) is 18.2 Å². The molecule has 30 heavy (non-hydrogen) atoms. The minimum atomic E-state index is -4.46. The van der Waals surface area contributed by atoms with Crippen molar-refractivity contribution in [3.05, 3.63) is 41.7 Å². The molecule has 2 N–H and O–H groups in total. The van der Waals surface area contributed by atoms with Crippen molar-refractivity contribution in [2.45, 2.75) is 18.7 Å². The number of amides is 2. The molecule has 158 valence electrons. The molecule has 0 spiro atoms. The van der Waals surface area contributed by atoms with Gasteiger partial charge in [0, 0.05) is 23.8 Å². The van der Waals surface area contributed by atoms with Crippen molar-refractivity contribution in [3.63, 3.8) is 0 Å². The van der Waals surface area contributed by atoms with E-state index in [4.69, 9.17) is 4.74 Å². The van der Waals surface area contributed by atoms with Crippen LogP contribution in [0, 0.1) is 13.8 Å². The predicted octanol–water partition coefficient (Wildman–Crippen LogP) is 2.24. The molecule has 11 nitrogen and oxygen atoms in total. The maximum Gasteiger partial charge on any atom is 0.514 e. The number of fused-ring (bicyclic) bond motifs is 1. The summed E-state index contributed by atoms with van der Waals surface area (Å²) < 4.78 is 38.8. The Labute approximate surface area is 172 Å². The minimum absolute atomic E-state index is 0.0517. The molecule has 2 aromatic heterocycles. The molecule has 0 saturated carbocycles. The maximum absolute atomic E-state index is 13.0. The molecule has 1 aromatic carbocycles. The average molecular weight is 433 g/mol. The number of aryl methyl sites for hydroxylation is 3. The summed E-state index contributed by atoms with van der Waals surface area (Å²) in [6.45, 7) is 3.42. The Kier molecular flexibility index (Phi) is 5.60. The summed E-state index contributed by atoms with van der Waals surface area (Å²) in [7, 11) is -1.85. The van der Waals surface area contributed by atoms with Gasteiger partial charge in [-0.3, -0.25) is 5.32 Å². The van der Waals surface area contributed by atoms with Crippen molar-refractivity contribution >= 4 is 39.1 Å². The molecule has 12 heteroatoms. The highest BCUT2D eigenvalue weighted by molar-refractivity contribution is 7.90. The van der Waals surface area contributed by atoms with Crippen LogP contribution in [0.3, 0.4) is 0 Å². The van der Waals surface area contributed by atoms with Crippen molar-refractivity contribution < 1.29 is 27.5 Å². The number of nitrogens with zero attached hydrogens (tertiary/aromatic N) is 3. The first-order chi connectivity index (χ1) is 14.1.